The van der Waals surface area contributed by atoms with Crippen molar-refractivity contribution in [2.45, 2.75) is 43.0 Å². The van der Waals surface area contributed by atoms with Crippen LogP contribution in [0.15, 0.2) is 94.7 Å². The molecule has 0 saturated heterocycles. The van der Waals surface area contributed by atoms with Gasteiger partial charge in [0.15, 0.2) is 0 Å². The summed E-state index contributed by atoms with van der Waals surface area (Å²) in [6, 6.07) is 21.8. The van der Waals surface area contributed by atoms with E-state index >= 15 is 0 Å². The Morgan fingerprint density at radius 2 is 1.06 bits per heavy atom. The van der Waals surface area contributed by atoms with Crippen LogP contribution in [0.1, 0.15) is 37.9 Å². The van der Waals surface area contributed by atoms with Crippen molar-refractivity contribution in [1.82, 2.24) is 3.71 Å². The summed E-state index contributed by atoms with van der Waals surface area (Å²) in [7, 11) is -8.68. The molecule has 0 radical (unpaired) electrons. The molecule has 3 aromatic rings. The molecule has 0 saturated carbocycles. The van der Waals surface area contributed by atoms with Crippen molar-refractivity contribution < 1.29 is 16.8 Å². The van der Waals surface area contributed by atoms with Gasteiger partial charge in [0.2, 0.25) is 0 Å². The van der Waals surface area contributed by atoms with Gasteiger partial charge in [0, 0.05) is 0 Å². The first-order valence-corrected chi connectivity index (χ1v) is 13.0. The van der Waals surface area contributed by atoms with Crippen molar-refractivity contribution in [3.63, 3.8) is 0 Å². The third kappa shape index (κ3) is 5.06. The molecular weight excluding hydrogens is 430 g/mol. The standard InChI is InChI=1S/C24H27NO4S2/c1-19(2)18-21-14-16-22(17-15-21)20(3)25(30(26,27)23-10-6-4-7-11-23)31(28,29)24-12-8-5-9-13-24/h4-17,19-20H,18H2,1-3H3. The maximum atomic E-state index is 13.5. The van der Waals surface area contributed by atoms with Gasteiger partial charge in [-0.1, -0.05) is 78.2 Å². The zero-order valence-corrected chi connectivity index (χ0v) is 19.5. The largest absolute Gasteiger partial charge is 0.256 e. The van der Waals surface area contributed by atoms with E-state index in [0.29, 0.717) is 15.2 Å². The van der Waals surface area contributed by atoms with Gasteiger partial charge in [-0.05, 0) is 54.7 Å². The minimum atomic E-state index is -4.34. The molecule has 1 atom stereocenters. The molecule has 1 unspecified atom stereocenters. The van der Waals surface area contributed by atoms with Gasteiger partial charge in [-0.3, -0.25) is 0 Å². The molecule has 7 heteroatoms. The molecule has 0 bridgehead atoms. The molecule has 0 aromatic heterocycles. The zero-order valence-electron chi connectivity index (χ0n) is 17.8. The third-order valence-corrected chi connectivity index (χ3v) is 9.47. The second kappa shape index (κ2) is 9.34. The van der Waals surface area contributed by atoms with E-state index in [-0.39, 0.29) is 9.79 Å². The van der Waals surface area contributed by atoms with Crippen LogP contribution in [0.5, 0.6) is 0 Å². The Balaban J connectivity index is 2.12. The lowest BCUT2D eigenvalue weighted by molar-refractivity contribution is 0.448. The van der Waals surface area contributed by atoms with E-state index in [9.17, 15) is 16.8 Å². The average molecular weight is 458 g/mol. The number of hydrogen-bond donors (Lipinski definition) is 0. The third-order valence-electron chi connectivity index (χ3n) is 4.98. The Hall–Kier alpha value is -2.48. The second-order valence-electron chi connectivity index (χ2n) is 7.88. The topological polar surface area (TPSA) is 71.5 Å². The van der Waals surface area contributed by atoms with Gasteiger partial charge in [-0.15, -0.1) is 0 Å². The normalized spacial score (nSPS) is 13.5. The highest BCUT2D eigenvalue weighted by atomic mass is 32.3. The van der Waals surface area contributed by atoms with E-state index in [2.05, 4.69) is 13.8 Å². The summed E-state index contributed by atoms with van der Waals surface area (Å²) in [5.41, 5.74) is 1.72. The Bertz CT molecular complexity index is 1140. The van der Waals surface area contributed by atoms with Gasteiger partial charge in [0.1, 0.15) is 0 Å². The van der Waals surface area contributed by atoms with Crippen LogP contribution in [0, 0.1) is 5.92 Å². The molecule has 0 heterocycles. The van der Waals surface area contributed by atoms with Crippen LogP contribution in [0.4, 0.5) is 0 Å². The zero-order chi connectivity index (χ0) is 22.6. The first-order valence-electron chi connectivity index (χ1n) is 10.1. The molecule has 5 nitrogen and oxygen atoms in total. The number of benzene rings is 3. The Kier molecular flexibility index (Phi) is 6.99. The second-order valence-corrected chi connectivity index (χ2v) is 11.7. The quantitative estimate of drug-likeness (QED) is 0.476. The van der Waals surface area contributed by atoms with Crippen LogP contribution in [-0.2, 0) is 26.5 Å². The lowest BCUT2D eigenvalue weighted by Gasteiger charge is -2.28. The molecule has 0 fully saturated rings. The SMILES string of the molecule is CC(C)Cc1ccc(C(C)N(S(=O)(=O)c2ccccc2)S(=O)(=O)c2ccccc2)cc1. The molecule has 164 valence electrons. The molecule has 0 aliphatic rings. The molecule has 0 aliphatic heterocycles. The van der Waals surface area contributed by atoms with Crippen molar-refractivity contribution in [1.29, 1.82) is 0 Å². The lowest BCUT2D eigenvalue weighted by Crippen LogP contribution is -2.39. The highest BCUT2D eigenvalue weighted by Crippen LogP contribution is 2.34. The summed E-state index contributed by atoms with van der Waals surface area (Å²) in [5, 5.41) is 0. The highest BCUT2D eigenvalue weighted by molar-refractivity contribution is 8.04. The Morgan fingerprint density at radius 1 is 0.645 bits per heavy atom. The average Bonchev–Trinajstić information content (AvgIpc) is 2.75. The summed E-state index contributed by atoms with van der Waals surface area (Å²) in [4.78, 5) is -0.143. The lowest BCUT2D eigenvalue weighted by atomic mass is 10.0. The predicted molar refractivity (Wildman–Crippen MR) is 122 cm³/mol. The van der Waals surface area contributed by atoms with Gasteiger partial charge in [0.05, 0.1) is 15.8 Å². The van der Waals surface area contributed by atoms with E-state index < -0.39 is 26.1 Å². The van der Waals surface area contributed by atoms with E-state index in [1.807, 2.05) is 12.1 Å². The molecule has 3 rings (SSSR count). The first kappa shape index (κ1) is 23.2. The molecule has 0 N–H and O–H groups in total. The van der Waals surface area contributed by atoms with E-state index in [0.717, 1.165) is 12.0 Å². The molecule has 0 spiro atoms. The fourth-order valence-electron chi connectivity index (χ4n) is 3.46. The number of hydrogen-bond acceptors (Lipinski definition) is 4. The molecular formula is C24H27NO4S2. The van der Waals surface area contributed by atoms with Crippen LogP contribution >= 0.6 is 0 Å². The molecule has 31 heavy (non-hydrogen) atoms. The van der Waals surface area contributed by atoms with Crippen LogP contribution in [0.3, 0.4) is 0 Å². The van der Waals surface area contributed by atoms with Crippen molar-refractivity contribution in [2.24, 2.45) is 5.92 Å². The van der Waals surface area contributed by atoms with E-state index in [1.165, 1.54) is 24.3 Å². The van der Waals surface area contributed by atoms with Crippen LogP contribution in [0.25, 0.3) is 0 Å². The summed E-state index contributed by atoms with van der Waals surface area (Å²) in [5.74, 6) is 0.483. The fourth-order valence-corrected chi connectivity index (χ4v) is 7.51. The predicted octanol–water partition coefficient (Wildman–Crippen LogP) is 5.03. The summed E-state index contributed by atoms with van der Waals surface area (Å²) in [6.45, 7) is 5.84. The summed E-state index contributed by atoms with van der Waals surface area (Å²) >= 11 is 0. The van der Waals surface area contributed by atoms with Crippen molar-refractivity contribution >= 4 is 20.0 Å². The Morgan fingerprint density at radius 3 is 1.45 bits per heavy atom. The van der Waals surface area contributed by atoms with Gasteiger partial charge in [-0.25, -0.2) is 16.8 Å². The van der Waals surface area contributed by atoms with Crippen molar-refractivity contribution in [2.75, 3.05) is 0 Å². The maximum absolute atomic E-state index is 13.5. The summed E-state index contributed by atoms with van der Waals surface area (Å²) in [6.07, 6.45) is 0.892. The van der Waals surface area contributed by atoms with E-state index in [1.54, 1.807) is 55.5 Å². The minimum Gasteiger partial charge on any atom is -0.206 e. The number of sulfonamides is 2. The molecule has 0 amide bonds. The van der Waals surface area contributed by atoms with Gasteiger partial charge >= 0.3 is 0 Å². The minimum absolute atomic E-state index is 0.0715. The summed E-state index contributed by atoms with van der Waals surface area (Å²) < 4.78 is 54.7. The smallest absolute Gasteiger partial charge is 0.206 e. The fraction of sp³-hybridized carbons (Fsp3) is 0.250. The van der Waals surface area contributed by atoms with Crippen molar-refractivity contribution in [3.05, 3.63) is 96.1 Å². The number of nitrogens with zero attached hydrogens (tertiary/aromatic N) is 1. The van der Waals surface area contributed by atoms with Gasteiger partial charge in [-0.2, -0.15) is 0 Å². The van der Waals surface area contributed by atoms with Crippen LogP contribution < -0.4 is 0 Å². The van der Waals surface area contributed by atoms with Crippen LogP contribution in [0.2, 0.25) is 0 Å². The van der Waals surface area contributed by atoms with E-state index in [4.69, 9.17) is 0 Å². The monoisotopic (exact) mass is 457 g/mol. The van der Waals surface area contributed by atoms with Gasteiger partial charge < -0.3 is 0 Å². The van der Waals surface area contributed by atoms with Gasteiger partial charge in [0.25, 0.3) is 20.0 Å². The maximum Gasteiger partial charge on any atom is 0.256 e. The molecule has 0 aliphatic carbocycles. The Labute approximate surface area is 185 Å². The highest BCUT2D eigenvalue weighted by Gasteiger charge is 2.40. The van der Waals surface area contributed by atoms with Crippen LogP contribution in [-0.4, -0.2) is 20.5 Å². The number of rotatable bonds is 8. The molecule has 3 aromatic carbocycles. The van der Waals surface area contributed by atoms with Crippen molar-refractivity contribution in [3.8, 4) is 0 Å². The first-order chi connectivity index (χ1) is 14.6.